The summed E-state index contributed by atoms with van der Waals surface area (Å²) >= 11 is 0. The molecule has 0 aromatic heterocycles. The summed E-state index contributed by atoms with van der Waals surface area (Å²) in [4.78, 5) is 47.3. The number of rotatable bonds is 3. The molecule has 2 aromatic rings. The van der Waals surface area contributed by atoms with E-state index in [0.717, 1.165) is 30.5 Å². The highest BCUT2D eigenvalue weighted by Crippen LogP contribution is 2.61. The van der Waals surface area contributed by atoms with Crippen molar-refractivity contribution < 1.29 is 14.4 Å². The highest BCUT2D eigenvalue weighted by molar-refractivity contribution is 6.26. The van der Waals surface area contributed by atoms with Crippen molar-refractivity contribution >= 4 is 29.1 Å². The predicted octanol–water partition coefficient (Wildman–Crippen LogP) is 3.09. The van der Waals surface area contributed by atoms with Gasteiger partial charge in [-0.3, -0.25) is 19.3 Å². The molecule has 0 aliphatic carbocycles. The maximum atomic E-state index is 14.2. The summed E-state index contributed by atoms with van der Waals surface area (Å²) in [5.41, 5.74) is 1.12. The molecule has 0 radical (unpaired) electrons. The number of fused-ring (bicyclic) bond motifs is 7. The molecule has 4 atom stereocenters. The van der Waals surface area contributed by atoms with Crippen LogP contribution in [0.5, 0.6) is 0 Å². The average Bonchev–Trinajstić information content (AvgIpc) is 3.37. The minimum absolute atomic E-state index is 0.103. The number of carbonyl (C=O) groups excluding carboxylic acids is 3. The summed E-state index contributed by atoms with van der Waals surface area (Å²) < 4.78 is 0. The molecule has 3 fully saturated rings. The van der Waals surface area contributed by atoms with Gasteiger partial charge in [0.2, 0.25) is 11.8 Å². The fraction of sp³-hybridized carbons (Fsp3) is 0.346. The number of hydrogen-bond acceptors (Lipinski definition) is 4. The lowest BCUT2D eigenvalue weighted by atomic mass is 9.76. The third-order valence-electron chi connectivity index (χ3n) is 7.72. The molecule has 6 heteroatoms. The van der Waals surface area contributed by atoms with Gasteiger partial charge in [0.25, 0.3) is 5.91 Å². The van der Waals surface area contributed by atoms with E-state index in [1.165, 1.54) is 4.90 Å². The normalized spacial score (nSPS) is 31.2. The lowest BCUT2D eigenvalue weighted by molar-refractivity contribution is -0.138. The van der Waals surface area contributed by atoms with Crippen molar-refractivity contribution in [2.75, 3.05) is 22.9 Å². The van der Waals surface area contributed by atoms with E-state index in [2.05, 4.69) is 11.5 Å². The van der Waals surface area contributed by atoms with E-state index in [9.17, 15) is 14.4 Å². The smallest absolute Gasteiger partial charge is 0.253 e. The zero-order valence-electron chi connectivity index (χ0n) is 17.8. The maximum Gasteiger partial charge on any atom is 0.253 e. The second-order valence-corrected chi connectivity index (χ2v) is 9.10. The first kappa shape index (κ1) is 19.4. The lowest BCUT2D eigenvalue weighted by Gasteiger charge is -2.42. The molecule has 0 saturated carbocycles. The van der Waals surface area contributed by atoms with Gasteiger partial charge in [-0.1, -0.05) is 48.9 Å². The largest absolute Gasteiger partial charge is 0.306 e. The topological polar surface area (TPSA) is 60.9 Å². The van der Waals surface area contributed by atoms with Crippen LogP contribution in [-0.4, -0.2) is 41.8 Å². The molecule has 32 heavy (non-hydrogen) atoms. The first-order valence-electron chi connectivity index (χ1n) is 11.3. The molecule has 4 aliphatic heterocycles. The SMILES string of the molecule is C=CCN1C(=O)[C@]2(c3ccccc31)[C@@H]1C(=O)N(c3ccccc3)C(=O)[C@H]1[C@@H]1CCCCN12. The molecule has 6 rings (SSSR count). The zero-order valence-corrected chi connectivity index (χ0v) is 17.8. The maximum absolute atomic E-state index is 14.2. The number of hydrogen-bond donors (Lipinski definition) is 0. The van der Waals surface area contributed by atoms with Crippen LogP contribution in [0.1, 0.15) is 24.8 Å². The first-order chi connectivity index (χ1) is 15.6. The van der Waals surface area contributed by atoms with E-state index in [1.807, 2.05) is 42.5 Å². The van der Waals surface area contributed by atoms with Crippen molar-refractivity contribution in [1.82, 2.24) is 4.90 Å². The van der Waals surface area contributed by atoms with E-state index >= 15 is 0 Å². The van der Waals surface area contributed by atoms with Crippen LogP contribution in [0, 0.1) is 11.8 Å². The van der Waals surface area contributed by atoms with Gasteiger partial charge < -0.3 is 4.90 Å². The molecule has 2 aromatic carbocycles. The average molecular weight is 428 g/mol. The molecule has 1 spiro atoms. The van der Waals surface area contributed by atoms with Crippen molar-refractivity contribution in [3.05, 3.63) is 72.8 Å². The van der Waals surface area contributed by atoms with Crippen molar-refractivity contribution in [2.45, 2.75) is 30.8 Å². The molecule has 0 bridgehead atoms. The molecule has 4 heterocycles. The van der Waals surface area contributed by atoms with Crippen LogP contribution in [0.4, 0.5) is 11.4 Å². The Balaban J connectivity index is 1.58. The Labute approximate surface area is 187 Å². The number of anilines is 2. The summed E-state index contributed by atoms with van der Waals surface area (Å²) in [6, 6.07) is 16.7. The minimum Gasteiger partial charge on any atom is -0.306 e. The van der Waals surface area contributed by atoms with Crippen molar-refractivity contribution in [1.29, 1.82) is 0 Å². The molecular weight excluding hydrogens is 402 g/mol. The van der Waals surface area contributed by atoms with E-state index in [-0.39, 0.29) is 23.8 Å². The quantitative estimate of drug-likeness (QED) is 0.558. The molecule has 3 saturated heterocycles. The van der Waals surface area contributed by atoms with Gasteiger partial charge in [-0.25, -0.2) is 4.90 Å². The standard InChI is InChI=1S/C26H25N3O3/c1-2-15-27-19-13-7-6-12-18(19)26(25(27)32)22-21(20-14-8-9-16-28(20)26)23(30)29(24(22)31)17-10-4-3-5-11-17/h2-7,10-13,20-22H,1,8-9,14-16H2/t20-,21-,22-,26-/m0/s1. The van der Waals surface area contributed by atoms with Crippen LogP contribution in [0.15, 0.2) is 67.3 Å². The van der Waals surface area contributed by atoms with Crippen molar-refractivity contribution in [3.8, 4) is 0 Å². The van der Waals surface area contributed by atoms with Gasteiger partial charge in [0.15, 0.2) is 0 Å². The Morgan fingerprint density at radius 3 is 2.50 bits per heavy atom. The van der Waals surface area contributed by atoms with E-state index < -0.39 is 17.4 Å². The third kappa shape index (κ3) is 2.20. The zero-order chi connectivity index (χ0) is 22.0. The summed E-state index contributed by atoms with van der Waals surface area (Å²) in [5.74, 6) is -1.77. The second kappa shape index (κ2) is 6.87. The summed E-state index contributed by atoms with van der Waals surface area (Å²) in [7, 11) is 0. The fourth-order valence-electron chi connectivity index (χ4n) is 6.65. The van der Waals surface area contributed by atoms with Crippen molar-refractivity contribution in [2.24, 2.45) is 11.8 Å². The monoisotopic (exact) mass is 427 g/mol. The van der Waals surface area contributed by atoms with Crippen LogP contribution in [0.3, 0.4) is 0 Å². The van der Waals surface area contributed by atoms with E-state index in [1.54, 1.807) is 23.1 Å². The van der Waals surface area contributed by atoms with Crippen molar-refractivity contribution in [3.63, 3.8) is 0 Å². The summed E-state index contributed by atoms with van der Waals surface area (Å²) in [5, 5.41) is 0. The Bertz CT molecular complexity index is 1150. The first-order valence-corrected chi connectivity index (χ1v) is 11.3. The number of amides is 3. The second-order valence-electron chi connectivity index (χ2n) is 9.10. The van der Waals surface area contributed by atoms with E-state index in [4.69, 9.17) is 0 Å². The Hall–Kier alpha value is -3.25. The minimum atomic E-state index is -1.13. The van der Waals surface area contributed by atoms with Crippen LogP contribution in [0.25, 0.3) is 0 Å². The molecule has 162 valence electrons. The predicted molar refractivity (Wildman–Crippen MR) is 121 cm³/mol. The lowest BCUT2D eigenvalue weighted by Crippen LogP contribution is -2.58. The Morgan fingerprint density at radius 1 is 0.969 bits per heavy atom. The highest BCUT2D eigenvalue weighted by Gasteiger charge is 2.75. The molecule has 0 N–H and O–H groups in total. The van der Waals surface area contributed by atoms with Crippen LogP contribution in [-0.2, 0) is 19.9 Å². The van der Waals surface area contributed by atoms with Gasteiger partial charge >= 0.3 is 0 Å². The number of imide groups is 1. The van der Waals surface area contributed by atoms with Gasteiger partial charge in [-0.15, -0.1) is 6.58 Å². The van der Waals surface area contributed by atoms with Gasteiger partial charge in [-0.2, -0.15) is 0 Å². The van der Waals surface area contributed by atoms with Crippen LogP contribution < -0.4 is 9.80 Å². The molecule has 4 aliphatic rings. The van der Waals surface area contributed by atoms with Gasteiger partial charge in [0.1, 0.15) is 5.54 Å². The highest BCUT2D eigenvalue weighted by atomic mass is 16.2. The molecule has 0 unspecified atom stereocenters. The fourth-order valence-corrected chi connectivity index (χ4v) is 6.65. The summed E-state index contributed by atoms with van der Waals surface area (Å²) in [6.07, 6.45) is 4.49. The number of carbonyl (C=O) groups is 3. The molecule has 3 amide bonds. The van der Waals surface area contributed by atoms with Crippen LogP contribution in [0.2, 0.25) is 0 Å². The van der Waals surface area contributed by atoms with Gasteiger partial charge in [0.05, 0.1) is 17.5 Å². The van der Waals surface area contributed by atoms with Crippen LogP contribution >= 0.6 is 0 Å². The summed E-state index contributed by atoms with van der Waals surface area (Å²) in [6.45, 7) is 4.92. The number of benzene rings is 2. The number of piperidine rings is 1. The van der Waals surface area contributed by atoms with Gasteiger partial charge in [-0.05, 0) is 37.6 Å². The molecule has 6 nitrogen and oxygen atoms in total. The molecular formula is C26H25N3O3. The van der Waals surface area contributed by atoms with Gasteiger partial charge in [0, 0.05) is 23.8 Å². The Morgan fingerprint density at radius 2 is 1.72 bits per heavy atom. The Kier molecular flexibility index (Phi) is 4.17. The number of para-hydroxylation sites is 2. The van der Waals surface area contributed by atoms with E-state index in [0.29, 0.717) is 18.8 Å². The third-order valence-corrected chi connectivity index (χ3v) is 7.72. The number of nitrogens with zero attached hydrogens (tertiary/aromatic N) is 3.